The third kappa shape index (κ3) is 3.07. The number of para-hydroxylation sites is 1. The molecule has 0 aliphatic carbocycles. The first kappa shape index (κ1) is 16.4. The standard InChI is InChI=1S/C19H18N8O/c28-19(23-15-5-1-3-13-4-2-9-20-18(13)15)22-14-8-10-26(11-14)17-7-6-16-24-21-12-27(16)25-17/h1-7,9,12,14H,8,10-11H2,(H2,22,23,28)/t14-/m0/s1. The van der Waals surface area contributed by atoms with Crippen LogP contribution in [0, 0.1) is 0 Å². The van der Waals surface area contributed by atoms with Gasteiger partial charge in [-0.05, 0) is 30.7 Å². The molecule has 140 valence electrons. The minimum Gasteiger partial charge on any atom is -0.353 e. The van der Waals surface area contributed by atoms with Crippen molar-refractivity contribution in [3.8, 4) is 0 Å². The Kier molecular flexibility index (Phi) is 3.97. The van der Waals surface area contributed by atoms with Crippen molar-refractivity contribution >= 4 is 34.1 Å². The summed E-state index contributed by atoms with van der Waals surface area (Å²) in [5.74, 6) is 0.843. The number of urea groups is 1. The van der Waals surface area contributed by atoms with Crippen molar-refractivity contribution in [3.05, 3.63) is 55.0 Å². The molecule has 1 aliphatic rings. The molecule has 9 heteroatoms. The fourth-order valence-electron chi connectivity index (χ4n) is 3.52. The smallest absolute Gasteiger partial charge is 0.319 e. The van der Waals surface area contributed by atoms with Crippen molar-refractivity contribution in [3.63, 3.8) is 0 Å². The van der Waals surface area contributed by atoms with E-state index in [-0.39, 0.29) is 12.1 Å². The van der Waals surface area contributed by atoms with Crippen LogP contribution in [0.4, 0.5) is 16.3 Å². The number of rotatable bonds is 3. The molecule has 0 spiro atoms. The number of amides is 2. The molecule has 3 aromatic heterocycles. The fourth-order valence-corrected chi connectivity index (χ4v) is 3.52. The molecular formula is C19H18N8O. The van der Waals surface area contributed by atoms with Crippen molar-refractivity contribution in [2.24, 2.45) is 0 Å². The maximum absolute atomic E-state index is 12.5. The molecule has 1 aromatic carbocycles. The van der Waals surface area contributed by atoms with Gasteiger partial charge in [0.25, 0.3) is 0 Å². The molecule has 0 saturated carbocycles. The van der Waals surface area contributed by atoms with E-state index in [2.05, 4.69) is 35.8 Å². The molecule has 0 radical (unpaired) electrons. The molecule has 4 aromatic rings. The van der Waals surface area contributed by atoms with Gasteiger partial charge in [-0.3, -0.25) is 4.98 Å². The molecule has 28 heavy (non-hydrogen) atoms. The highest BCUT2D eigenvalue weighted by Crippen LogP contribution is 2.21. The number of carbonyl (C=O) groups is 1. The Bertz CT molecular complexity index is 1150. The van der Waals surface area contributed by atoms with E-state index in [1.807, 2.05) is 42.5 Å². The van der Waals surface area contributed by atoms with Crippen molar-refractivity contribution in [1.29, 1.82) is 0 Å². The predicted octanol–water partition coefficient (Wildman–Crippen LogP) is 2.07. The van der Waals surface area contributed by atoms with Crippen LogP contribution in [0.25, 0.3) is 16.6 Å². The Morgan fingerprint density at radius 3 is 3.04 bits per heavy atom. The Labute approximate surface area is 160 Å². The molecule has 0 unspecified atom stereocenters. The van der Waals surface area contributed by atoms with Gasteiger partial charge >= 0.3 is 6.03 Å². The summed E-state index contributed by atoms with van der Waals surface area (Å²) in [6.45, 7) is 1.52. The molecule has 9 nitrogen and oxygen atoms in total. The number of fused-ring (bicyclic) bond motifs is 2. The maximum Gasteiger partial charge on any atom is 0.319 e. The van der Waals surface area contributed by atoms with Crippen LogP contribution >= 0.6 is 0 Å². The predicted molar refractivity (Wildman–Crippen MR) is 105 cm³/mol. The average molecular weight is 374 g/mol. The quantitative estimate of drug-likeness (QED) is 0.569. The Hall–Kier alpha value is -3.75. The first-order valence-electron chi connectivity index (χ1n) is 9.09. The first-order chi connectivity index (χ1) is 13.8. The van der Waals surface area contributed by atoms with Crippen LogP contribution in [-0.4, -0.2) is 50.0 Å². The molecule has 1 fully saturated rings. The molecule has 5 rings (SSSR count). The third-order valence-corrected chi connectivity index (χ3v) is 4.88. The minimum atomic E-state index is -0.229. The van der Waals surface area contributed by atoms with E-state index < -0.39 is 0 Å². The third-order valence-electron chi connectivity index (χ3n) is 4.88. The van der Waals surface area contributed by atoms with Crippen LogP contribution < -0.4 is 15.5 Å². The largest absolute Gasteiger partial charge is 0.353 e. The number of benzene rings is 1. The van der Waals surface area contributed by atoms with Crippen molar-refractivity contribution in [2.75, 3.05) is 23.3 Å². The topological polar surface area (TPSA) is 100 Å². The van der Waals surface area contributed by atoms with Crippen LogP contribution in [0.3, 0.4) is 0 Å². The van der Waals surface area contributed by atoms with Crippen LogP contribution in [0.2, 0.25) is 0 Å². The molecule has 1 atom stereocenters. The maximum atomic E-state index is 12.5. The van der Waals surface area contributed by atoms with Crippen molar-refractivity contribution < 1.29 is 4.79 Å². The van der Waals surface area contributed by atoms with E-state index in [9.17, 15) is 4.79 Å². The zero-order valence-electron chi connectivity index (χ0n) is 15.0. The van der Waals surface area contributed by atoms with Crippen LogP contribution in [0.15, 0.2) is 55.0 Å². The highest BCUT2D eigenvalue weighted by molar-refractivity contribution is 5.99. The van der Waals surface area contributed by atoms with E-state index in [1.54, 1.807) is 17.0 Å². The normalized spacial score (nSPS) is 16.6. The summed E-state index contributed by atoms with van der Waals surface area (Å²) in [7, 11) is 0. The number of aromatic nitrogens is 5. The summed E-state index contributed by atoms with van der Waals surface area (Å²) in [5, 5.41) is 19.3. The molecular weight excluding hydrogens is 356 g/mol. The zero-order valence-corrected chi connectivity index (χ0v) is 15.0. The SMILES string of the molecule is O=C(Nc1cccc2cccnc12)N[C@H]1CCN(c2ccc3nncn3n2)C1. The number of nitrogens with one attached hydrogen (secondary N) is 2. The number of hydrogen-bond acceptors (Lipinski definition) is 6. The molecule has 2 N–H and O–H groups in total. The second-order valence-corrected chi connectivity index (χ2v) is 6.74. The summed E-state index contributed by atoms with van der Waals surface area (Å²) in [6.07, 6.45) is 4.15. The summed E-state index contributed by atoms with van der Waals surface area (Å²) < 4.78 is 1.65. The van der Waals surface area contributed by atoms with Crippen LogP contribution in [0.1, 0.15) is 6.42 Å². The van der Waals surface area contributed by atoms with Gasteiger partial charge in [0.15, 0.2) is 5.65 Å². The van der Waals surface area contributed by atoms with Gasteiger partial charge in [-0.25, -0.2) is 4.79 Å². The van der Waals surface area contributed by atoms with Crippen molar-refractivity contribution in [1.82, 2.24) is 30.1 Å². The van der Waals surface area contributed by atoms with E-state index in [0.717, 1.165) is 29.7 Å². The van der Waals surface area contributed by atoms with E-state index in [0.29, 0.717) is 17.9 Å². The lowest BCUT2D eigenvalue weighted by molar-refractivity contribution is 0.249. The first-order valence-corrected chi connectivity index (χ1v) is 9.09. The monoisotopic (exact) mass is 374 g/mol. The van der Waals surface area contributed by atoms with Gasteiger partial charge < -0.3 is 15.5 Å². The molecule has 4 heterocycles. The van der Waals surface area contributed by atoms with Gasteiger partial charge in [-0.1, -0.05) is 18.2 Å². The van der Waals surface area contributed by atoms with Crippen LogP contribution in [-0.2, 0) is 0 Å². The summed E-state index contributed by atoms with van der Waals surface area (Å²) in [4.78, 5) is 19.0. The summed E-state index contributed by atoms with van der Waals surface area (Å²) in [6, 6.07) is 13.2. The van der Waals surface area contributed by atoms with Crippen molar-refractivity contribution in [2.45, 2.75) is 12.5 Å². The van der Waals surface area contributed by atoms with Gasteiger partial charge in [0.1, 0.15) is 12.1 Å². The minimum absolute atomic E-state index is 0.0429. The van der Waals surface area contributed by atoms with Gasteiger partial charge in [0, 0.05) is 30.7 Å². The highest BCUT2D eigenvalue weighted by atomic mass is 16.2. The molecule has 0 bridgehead atoms. The second kappa shape index (κ2) is 6.76. The number of nitrogens with zero attached hydrogens (tertiary/aromatic N) is 6. The Morgan fingerprint density at radius 2 is 2.07 bits per heavy atom. The molecule has 2 amide bonds. The average Bonchev–Trinajstić information content (AvgIpc) is 3.37. The van der Waals surface area contributed by atoms with Gasteiger partial charge in [-0.15, -0.1) is 15.3 Å². The lowest BCUT2D eigenvalue weighted by Gasteiger charge is -2.18. The second-order valence-electron chi connectivity index (χ2n) is 6.74. The number of hydrogen-bond donors (Lipinski definition) is 2. The van der Waals surface area contributed by atoms with Crippen LogP contribution in [0.5, 0.6) is 0 Å². The van der Waals surface area contributed by atoms with Gasteiger partial charge in [0.2, 0.25) is 0 Å². The van der Waals surface area contributed by atoms with Gasteiger partial charge in [-0.2, -0.15) is 4.52 Å². The highest BCUT2D eigenvalue weighted by Gasteiger charge is 2.25. The number of pyridine rings is 1. The number of anilines is 2. The zero-order chi connectivity index (χ0) is 18.9. The fraction of sp³-hybridized carbons (Fsp3) is 0.211. The lowest BCUT2D eigenvalue weighted by atomic mass is 10.2. The van der Waals surface area contributed by atoms with E-state index in [4.69, 9.17) is 0 Å². The van der Waals surface area contributed by atoms with E-state index in [1.165, 1.54) is 0 Å². The van der Waals surface area contributed by atoms with Gasteiger partial charge in [0.05, 0.1) is 11.2 Å². The number of carbonyl (C=O) groups excluding carboxylic acids is 1. The Balaban J connectivity index is 1.24. The Morgan fingerprint density at radius 1 is 1.14 bits per heavy atom. The molecule has 1 aliphatic heterocycles. The summed E-state index contributed by atoms with van der Waals surface area (Å²) >= 11 is 0. The molecule has 1 saturated heterocycles. The van der Waals surface area contributed by atoms with E-state index >= 15 is 0 Å². The lowest BCUT2D eigenvalue weighted by Crippen LogP contribution is -2.39. The summed E-state index contributed by atoms with van der Waals surface area (Å²) in [5.41, 5.74) is 2.19.